The Balaban J connectivity index is 1.78. The van der Waals surface area contributed by atoms with E-state index in [4.69, 9.17) is 0 Å². The number of hydrogen-bond acceptors (Lipinski definition) is 3. The Kier molecular flexibility index (Phi) is 5.34. The van der Waals surface area contributed by atoms with E-state index in [1.54, 1.807) is 11.3 Å². The minimum absolute atomic E-state index is 0.575. The van der Waals surface area contributed by atoms with Gasteiger partial charge in [0.25, 0.3) is 0 Å². The Morgan fingerprint density at radius 3 is 2.68 bits per heavy atom. The second-order valence-corrected chi connectivity index (χ2v) is 6.80. The minimum Gasteiger partial charge on any atom is -0.308 e. The molecule has 1 aromatic heterocycles. The highest BCUT2D eigenvalue weighted by Crippen LogP contribution is 2.21. The molecule has 0 aliphatic heterocycles. The largest absolute Gasteiger partial charge is 0.308 e. The fourth-order valence-corrected chi connectivity index (χ4v) is 3.11. The van der Waals surface area contributed by atoms with E-state index in [0.29, 0.717) is 6.04 Å². The van der Waals surface area contributed by atoms with Crippen molar-refractivity contribution in [3.63, 3.8) is 0 Å². The number of nitrogens with zero attached hydrogens (tertiary/aromatic N) is 1. The maximum atomic E-state index is 4.65. The summed E-state index contributed by atoms with van der Waals surface area (Å²) >= 11 is 1.79. The maximum absolute atomic E-state index is 4.65. The highest BCUT2D eigenvalue weighted by molar-refractivity contribution is 7.18. The van der Waals surface area contributed by atoms with E-state index in [1.165, 1.54) is 29.0 Å². The quantitative estimate of drug-likeness (QED) is 0.799. The van der Waals surface area contributed by atoms with Crippen molar-refractivity contribution in [3.8, 4) is 0 Å². The van der Waals surface area contributed by atoms with Gasteiger partial charge >= 0.3 is 0 Å². The molecule has 3 heteroatoms. The molecular formula is C16H24N2S. The lowest BCUT2D eigenvalue weighted by Crippen LogP contribution is -2.25. The van der Waals surface area contributed by atoms with Gasteiger partial charge in [0.15, 0.2) is 0 Å². The van der Waals surface area contributed by atoms with Crippen molar-refractivity contribution in [1.29, 1.82) is 0 Å². The van der Waals surface area contributed by atoms with Crippen LogP contribution in [0.1, 0.15) is 45.0 Å². The predicted octanol–water partition coefficient (Wildman–Crippen LogP) is 4.60. The van der Waals surface area contributed by atoms with Crippen LogP contribution in [-0.2, 0) is 6.54 Å². The molecule has 1 atom stereocenters. The van der Waals surface area contributed by atoms with E-state index < -0.39 is 0 Å². The molecule has 2 rings (SSSR count). The SMILES string of the molecule is CC(C)CCCC(C)NCc1nc2ccccc2s1. The number of nitrogens with one attached hydrogen (secondary N) is 1. The molecule has 0 radical (unpaired) electrons. The highest BCUT2D eigenvalue weighted by Gasteiger charge is 2.06. The van der Waals surface area contributed by atoms with Crippen molar-refractivity contribution in [2.24, 2.45) is 5.92 Å². The van der Waals surface area contributed by atoms with Crippen molar-refractivity contribution in [3.05, 3.63) is 29.3 Å². The van der Waals surface area contributed by atoms with Gasteiger partial charge in [0.05, 0.1) is 10.2 Å². The summed E-state index contributed by atoms with van der Waals surface area (Å²) in [4.78, 5) is 4.65. The Hall–Kier alpha value is -0.930. The molecule has 2 nitrogen and oxygen atoms in total. The average molecular weight is 276 g/mol. The van der Waals surface area contributed by atoms with Crippen LogP contribution in [0.2, 0.25) is 0 Å². The van der Waals surface area contributed by atoms with Crippen LogP contribution < -0.4 is 5.32 Å². The summed E-state index contributed by atoms with van der Waals surface area (Å²) in [6.07, 6.45) is 3.89. The van der Waals surface area contributed by atoms with E-state index in [2.05, 4.69) is 49.3 Å². The molecular weight excluding hydrogens is 252 g/mol. The molecule has 104 valence electrons. The zero-order valence-electron chi connectivity index (χ0n) is 12.1. The third-order valence-electron chi connectivity index (χ3n) is 3.36. The number of para-hydroxylation sites is 1. The minimum atomic E-state index is 0.575. The molecule has 2 aromatic rings. The van der Waals surface area contributed by atoms with Crippen LogP contribution in [0.4, 0.5) is 0 Å². The molecule has 1 aromatic carbocycles. The summed E-state index contributed by atoms with van der Waals surface area (Å²) < 4.78 is 1.28. The van der Waals surface area contributed by atoms with Gasteiger partial charge in [0.1, 0.15) is 5.01 Å². The van der Waals surface area contributed by atoms with Gasteiger partial charge in [-0.2, -0.15) is 0 Å². The highest BCUT2D eigenvalue weighted by atomic mass is 32.1. The number of hydrogen-bond donors (Lipinski definition) is 1. The third-order valence-corrected chi connectivity index (χ3v) is 4.39. The van der Waals surface area contributed by atoms with Gasteiger partial charge in [0, 0.05) is 12.6 Å². The van der Waals surface area contributed by atoms with Crippen LogP contribution in [0.3, 0.4) is 0 Å². The Morgan fingerprint density at radius 2 is 1.95 bits per heavy atom. The summed E-state index contributed by atoms with van der Waals surface area (Å²) in [7, 11) is 0. The van der Waals surface area contributed by atoms with Gasteiger partial charge in [0.2, 0.25) is 0 Å². The first-order chi connectivity index (χ1) is 9.15. The van der Waals surface area contributed by atoms with E-state index in [1.807, 2.05) is 6.07 Å². The molecule has 0 bridgehead atoms. The number of aromatic nitrogens is 1. The van der Waals surface area contributed by atoms with Crippen molar-refractivity contribution < 1.29 is 0 Å². The van der Waals surface area contributed by atoms with Crippen LogP contribution >= 0.6 is 11.3 Å². The van der Waals surface area contributed by atoms with Crippen LogP contribution in [-0.4, -0.2) is 11.0 Å². The lowest BCUT2D eigenvalue weighted by Gasteiger charge is -2.13. The van der Waals surface area contributed by atoms with Crippen molar-refractivity contribution in [2.45, 2.75) is 52.6 Å². The lowest BCUT2D eigenvalue weighted by atomic mass is 10.0. The summed E-state index contributed by atoms with van der Waals surface area (Å²) in [6, 6.07) is 8.93. The van der Waals surface area contributed by atoms with Gasteiger partial charge in [-0.15, -0.1) is 11.3 Å². The van der Waals surface area contributed by atoms with E-state index in [9.17, 15) is 0 Å². The molecule has 0 amide bonds. The Bertz CT molecular complexity index is 471. The van der Waals surface area contributed by atoms with Crippen LogP contribution in [0.5, 0.6) is 0 Å². The molecule has 0 spiro atoms. The monoisotopic (exact) mass is 276 g/mol. The van der Waals surface area contributed by atoms with Crippen molar-refractivity contribution >= 4 is 21.6 Å². The van der Waals surface area contributed by atoms with Gasteiger partial charge in [-0.05, 0) is 31.4 Å². The number of fused-ring (bicyclic) bond motifs is 1. The zero-order valence-corrected chi connectivity index (χ0v) is 13.0. The van der Waals surface area contributed by atoms with Crippen molar-refractivity contribution in [2.75, 3.05) is 0 Å². The third kappa shape index (κ3) is 4.59. The topological polar surface area (TPSA) is 24.9 Å². The number of benzene rings is 1. The smallest absolute Gasteiger partial charge is 0.108 e. The van der Waals surface area contributed by atoms with Gasteiger partial charge in [-0.3, -0.25) is 0 Å². The van der Waals surface area contributed by atoms with E-state index >= 15 is 0 Å². The molecule has 1 heterocycles. The second-order valence-electron chi connectivity index (χ2n) is 5.68. The van der Waals surface area contributed by atoms with E-state index in [0.717, 1.165) is 18.0 Å². The molecule has 1 unspecified atom stereocenters. The van der Waals surface area contributed by atoms with Gasteiger partial charge < -0.3 is 5.32 Å². The zero-order chi connectivity index (χ0) is 13.7. The fourth-order valence-electron chi connectivity index (χ4n) is 2.19. The van der Waals surface area contributed by atoms with Gasteiger partial charge in [-0.25, -0.2) is 4.98 Å². The Labute approximate surface area is 120 Å². The van der Waals surface area contributed by atoms with Crippen LogP contribution in [0.15, 0.2) is 24.3 Å². The van der Waals surface area contributed by atoms with Crippen LogP contribution in [0.25, 0.3) is 10.2 Å². The predicted molar refractivity (Wildman–Crippen MR) is 84.6 cm³/mol. The lowest BCUT2D eigenvalue weighted by molar-refractivity contribution is 0.457. The summed E-state index contributed by atoms with van der Waals surface area (Å²) in [5.74, 6) is 0.816. The number of rotatable bonds is 7. The Morgan fingerprint density at radius 1 is 1.16 bits per heavy atom. The molecule has 19 heavy (non-hydrogen) atoms. The molecule has 1 N–H and O–H groups in total. The molecule has 0 saturated heterocycles. The molecule has 0 saturated carbocycles. The molecule has 0 aliphatic carbocycles. The summed E-state index contributed by atoms with van der Waals surface area (Å²) in [6.45, 7) is 7.74. The van der Waals surface area contributed by atoms with E-state index in [-0.39, 0.29) is 0 Å². The molecule has 0 fully saturated rings. The maximum Gasteiger partial charge on any atom is 0.108 e. The fraction of sp³-hybridized carbons (Fsp3) is 0.562. The first kappa shape index (κ1) is 14.5. The summed E-state index contributed by atoms with van der Waals surface area (Å²) in [5, 5.41) is 4.77. The summed E-state index contributed by atoms with van der Waals surface area (Å²) in [5.41, 5.74) is 1.12. The van der Waals surface area contributed by atoms with Crippen LogP contribution in [0, 0.1) is 5.92 Å². The van der Waals surface area contributed by atoms with Crippen molar-refractivity contribution in [1.82, 2.24) is 10.3 Å². The second kappa shape index (κ2) is 7.01. The normalized spacial score (nSPS) is 13.3. The first-order valence-corrected chi connectivity index (χ1v) is 8.04. The average Bonchev–Trinajstić information content (AvgIpc) is 2.78. The standard InChI is InChI=1S/C16H24N2S/c1-12(2)7-6-8-13(3)17-11-16-18-14-9-4-5-10-15(14)19-16/h4-5,9-10,12-13,17H,6-8,11H2,1-3H3. The first-order valence-electron chi connectivity index (χ1n) is 7.23. The number of thiazole rings is 1. The molecule has 0 aliphatic rings. The van der Waals surface area contributed by atoms with Gasteiger partial charge in [-0.1, -0.05) is 38.8 Å².